The van der Waals surface area contributed by atoms with Crippen molar-refractivity contribution in [2.45, 2.75) is 82.2 Å². The summed E-state index contributed by atoms with van der Waals surface area (Å²) < 4.78 is 0.782. The molecule has 0 fully saturated rings. The summed E-state index contributed by atoms with van der Waals surface area (Å²) in [6.45, 7) is 1.68. The maximum atomic E-state index is 14.2. The number of unbranched alkanes of at least 4 members (excludes halogenated alkanes) is 1. The first-order valence-electron chi connectivity index (χ1n) is 20.2. The van der Waals surface area contributed by atoms with E-state index in [1.165, 1.54) is 13.3 Å². The summed E-state index contributed by atoms with van der Waals surface area (Å²) in [5.74, 6) is -3.46. The molecule has 0 spiro atoms. The van der Waals surface area contributed by atoms with Gasteiger partial charge in [-0.1, -0.05) is 76.6 Å². The monoisotopic (exact) mass is 912 g/mol. The molecule has 19 heteroatoms. The number of nitrogens with zero attached hydrogens (tertiary/aromatic N) is 2. The van der Waals surface area contributed by atoms with E-state index in [2.05, 4.69) is 57.6 Å². The number of hydrogen-bond donors (Lipinski definition) is 10. The molecule has 3 aromatic carbocycles. The predicted octanol–water partition coefficient (Wildman–Crippen LogP) is 1.71. The van der Waals surface area contributed by atoms with Crippen LogP contribution in [-0.2, 0) is 49.8 Å². The number of nitrogens with one attached hydrogen (secondary N) is 7. The lowest BCUT2D eigenvalue weighted by Gasteiger charge is -2.29. The van der Waals surface area contributed by atoms with Gasteiger partial charge in [0.2, 0.25) is 23.6 Å². The Bertz CT molecular complexity index is 2270. The molecular formula is C43H53BrN12O6. The summed E-state index contributed by atoms with van der Waals surface area (Å²) in [6, 6.07) is 16.9. The SMILES string of the molecule is C[C@H](NC(=O)[C@@H](Cc1c[nH]c2ccccc12)NC(=O)[C@@H](N)Cc1cnc[nH]1)C(=O)NN(Cc1ccc(Br)cc1)C(=O)N[C@H](Cc1ccccc1)C(=O)N[C@@H](CCCCN)C(N)=O. The molecule has 0 radical (unpaired) electrons. The van der Waals surface area contributed by atoms with E-state index < -0.39 is 65.8 Å². The van der Waals surface area contributed by atoms with Crippen LogP contribution in [0.4, 0.5) is 4.79 Å². The molecule has 0 aliphatic carbocycles. The van der Waals surface area contributed by atoms with Gasteiger partial charge in [0.25, 0.3) is 5.91 Å². The maximum Gasteiger partial charge on any atom is 0.337 e. The average Bonchev–Trinajstić information content (AvgIpc) is 3.93. The lowest BCUT2D eigenvalue weighted by molar-refractivity contribution is -0.133. The number of aromatic amines is 2. The van der Waals surface area contributed by atoms with Crippen LogP contribution < -0.4 is 43.9 Å². The highest BCUT2D eigenvalue weighted by Crippen LogP contribution is 2.20. The van der Waals surface area contributed by atoms with Gasteiger partial charge >= 0.3 is 6.03 Å². The second kappa shape index (κ2) is 22.9. The molecule has 0 bridgehead atoms. The van der Waals surface area contributed by atoms with Crippen molar-refractivity contribution in [1.82, 2.24) is 46.7 Å². The number of nitrogens with two attached hydrogens (primary N) is 3. The number of aromatic nitrogens is 3. The molecule has 18 nitrogen and oxygen atoms in total. The second-order valence-corrected chi connectivity index (χ2v) is 15.8. The number of fused-ring (bicyclic) bond motifs is 1. The van der Waals surface area contributed by atoms with Crippen molar-refractivity contribution in [1.29, 1.82) is 0 Å². The van der Waals surface area contributed by atoms with Crippen LogP contribution in [0.1, 0.15) is 48.6 Å². The van der Waals surface area contributed by atoms with Crippen LogP contribution in [-0.4, -0.2) is 92.3 Å². The number of para-hydroxylation sites is 1. The van der Waals surface area contributed by atoms with E-state index in [9.17, 15) is 28.8 Å². The standard InChI is InChI=1S/C43H53BrN12O6/c1-26(51-41(60)37(20-29-22-49-34-12-6-5-11-32(29)34)53-40(59)33(46)21-31-23-48-25-50-31)39(58)55-56(24-28-14-16-30(44)17-15-28)43(62)54-36(19-27-9-3-2-4-10-27)42(61)52-35(38(47)57)13-7-8-18-45/h2-6,9-12,14-17,22-23,25-26,33,35-37,49H,7-8,13,18-21,24,45-46H2,1H3,(H2,47,57)(H,48,50)(H,51,60)(H,52,61)(H,53,59)(H,54,62)(H,55,58)/t26-,33-,35-,36+,37+/m0/s1. The Morgan fingerprint density at radius 2 is 1.42 bits per heavy atom. The molecule has 0 saturated carbocycles. The lowest BCUT2D eigenvalue weighted by Crippen LogP contribution is -2.60. The van der Waals surface area contributed by atoms with Gasteiger partial charge in [0.05, 0.1) is 18.9 Å². The minimum absolute atomic E-state index is 0.0360. The van der Waals surface area contributed by atoms with Crippen LogP contribution in [0.3, 0.4) is 0 Å². The Morgan fingerprint density at radius 3 is 2.11 bits per heavy atom. The van der Waals surface area contributed by atoms with Crippen LogP contribution in [0.25, 0.3) is 10.9 Å². The number of carbonyl (C=O) groups excluding carboxylic acids is 6. The smallest absolute Gasteiger partial charge is 0.337 e. The van der Waals surface area contributed by atoms with Gasteiger partial charge in [0.1, 0.15) is 24.2 Å². The average molecular weight is 914 g/mol. The Morgan fingerprint density at radius 1 is 0.742 bits per heavy atom. The molecule has 0 saturated heterocycles. The van der Waals surface area contributed by atoms with E-state index in [-0.39, 0.29) is 32.2 Å². The normalized spacial score (nSPS) is 13.5. The van der Waals surface area contributed by atoms with Crippen LogP contribution in [0, 0.1) is 0 Å². The van der Waals surface area contributed by atoms with E-state index in [1.54, 1.807) is 60.9 Å². The van der Waals surface area contributed by atoms with Crippen molar-refractivity contribution < 1.29 is 28.8 Å². The number of amides is 7. The Kier molecular flexibility index (Phi) is 17.1. The third-order valence-corrected chi connectivity index (χ3v) is 10.6. The Hall–Kier alpha value is -6.57. The van der Waals surface area contributed by atoms with Crippen molar-refractivity contribution in [2.24, 2.45) is 17.2 Å². The summed E-state index contributed by atoms with van der Waals surface area (Å²) in [5, 5.41) is 12.7. The number of urea groups is 1. The van der Waals surface area contributed by atoms with Gasteiger partial charge in [-0.25, -0.2) is 14.8 Å². The Labute approximate surface area is 367 Å². The third kappa shape index (κ3) is 13.7. The number of hydrogen-bond acceptors (Lipinski definition) is 9. The molecule has 5 atom stereocenters. The number of primary amides is 1. The largest absolute Gasteiger partial charge is 0.368 e. The number of halogens is 1. The fourth-order valence-electron chi connectivity index (χ4n) is 6.61. The highest BCUT2D eigenvalue weighted by molar-refractivity contribution is 9.10. The molecule has 2 aromatic heterocycles. The van der Waals surface area contributed by atoms with Crippen molar-refractivity contribution >= 4 is 62.4 Å². The first kappa shape index (κ1) is 46.5. The fourth-order valence-corrected chi connectivity index (χ4v) is 6.88. The maximum absolute atomic E-state index is 14.2. The first-order chi connectivity index (χ1) is 29.8. The van der Waals surface area contributed by atoms with Crippen molar-refractivity contribution in [2.75, 3.05) is 6.54 Å². The first-order valence-corrected chi connectivity index (χ1v) is 21.0. The third-order valence-electron chi connectivity index (χ3n) is 10.1. The van der Waals surface area contributed by atoms with Crippen molar-refractivity contribution in [3.63, 3.8) is 0 Å². The number of rotatable bonds is 21. The van der Waals surface area contributed by atoms with Crippen LogP contribution in [0.15, 0.2) is 102 Å². The number of imidazole rings is 1. The number of hydrazine groups is 1. The topological polar surface area (TPSA) is 288 Å². The number of benzene rings is 3. The van der Waals surface area contributed by atoms with Crippen molar-refractivity contribution in [3.05, 3.63) is 124 Å². The van der Waals surface area contributed by atoms with Crippen LogP contribution >= 0.6 is 15.9 Å². The van der Waals surface area contributed by atoms with Gasteiger partial charge in [-0.3, -0.25) is 29.4 Å². The molecule has 5 aromatic rings. The molecule has 0 aliphatic heterocycles. The van der Waals surface area contributed by atoms with E-state index in [1.807, 2.05) is 30.3 Å². The van der Waals surface area contributed by atoms with Gasteiger partial charge in [0.15, 0.2) is 0 Å². The number of carbonyl (C=O) groups is 6. The van der Waals surface area contributed by atoms with E-state index in [4.69, 9.17) is 17.2 Å². The van der Waals surface area contributed by atoms with E-state index >= 15 is 0 Å². The quantitative estimate of drug-likeness (QED) is 0.0378. The zero-order valence-corrected chi connectivity index (χ0v) is 35.8. The molecule has 328 valence electrons. The van der Waals surface area contributed by atoms with Gasteiger partial charge in [-0.05, 0) is 67.6 Å². The van der Waals surface area contributed by atoms with Crippen molar-refractivity contribution in [3.8, 4) is 0 Å². The Balaban J connectivity index is 1.34. The van der Waals surface area contributed by atoms with Crippen LogP contribution in [0.5, 0.6) is 0 Å². The summed E-state index contributed by atoms with van der Waals surface area (Å²) in [7, 11) is 0. The van der Waals surface area contributed by atoms with Gasteiger partial charge in [-0.15, -0.1) is 0 Å². The van der Waals surface area contributed by atoms with E-state index in [0.29, 0.717) is 36.2 Å². The zero-order chi connectivity index (χ0) is 44.6. The van der Waals surface area contributed by atoms with Crippen LogP contribution in [0.2, 0.25) is 0 Å². The molecule has 5 rings (SSSR count). The van der Waals surface area contributed by atoms with Gasteiger partial charge in [0, 0.05) is 52.7 Å². The molecular weight excluding hydrogens is 860 g/mol. The van der Waals surface area contributed by atoms with Gasteiger partial charge < -0.3 is 48.4 Å². The molecule has 13 N–H and O–H groups in total. The van der Waals surface area contributed by atoms with Gasteiger partial charge in [-0.2, -0.15) is 0 Å². The fraction of sp³-hybridized carbons (Fsp3) is 0.326. The molecule has 0 unspecified atom stereocenters. The van der Waals surface area contributed by atoms with E-state index in [0.717, 1.165) is 25.9 Å². The summed E-state index contributed by atoms with van der Waals surface area (Å²) in [4.78, 5) is 91.6. The molecule has 7 amide bonds. The molecule has 62 heavy (non-hydrogen) atoms. The highest BCUT2D eigenvalue weighted by Gasteiger charge is 2.31. The summed E-state index contributed by atoms with van der Waals surface area (Å²) in [5.41, 5.74) is 23.6. The molecule has 0 aliphatic rings. The lowest BCUT2D eigenvalue weighted by atomic mass is 10.0. The minimum atomic E-state index is -1.24. The highest BCUT2D eigenvalue weighted by atomic mass is 79.9. The zero-order valence-electron chi connectivity index (χ0n) is 34.2. The summed E-state index contributed by atoms with van der Waals surface area (Å²) in [6.07, 6.45) is 6.40. The predicted molar refractivity (Wildman–Crippen MR) is 236 cm³/mol. The second-order valence-electron chi connectivity index (χ2n) is 14.9. The molecule has 2 heterocycles. The minimum Gasteiger partial charge on any atom is -0.368 e. The summed E-state index contributed by atoms with van der Waals surface area (Å²) >= 11 is 3.40. The number of H-pyrrole nitrogens is 2.